The second-order valence-electron chi connectivity index (χ2n) is 6.32. The normalized spacial score (nSPS) is 15.9. The van der Waals surface area contributed by atoms with E-state index in [0.29, 0.717) is 10.7 Å². The summed E-state index contributed by atoms with van der Waals surface area (Å²) in [6.07, 6.45) is 0. The fraction of sp³-hybridized carbons (Fsp3) is 0.333. The highest BCUT2D eigenvalue weighted by Gasteiger charge is 2.20. The van der Waals surface area contributed by atoms with Crippen molar-refractivity contribution >= 4 is 44.6 Å². The van der Waals surface area contributed by atoms with E-state index in [4.69, 9.17) is 23.2 Å². The molecule has 2 aromatic rings. The Labute approximate surface area is 164 Å². The minimum atomic E-state index is -3.80. The number of nitrogens with zero attached hydrogens (tertiary/aromatic N) is 1. The van der Waals surface area contributed by atoms with E-state index < -0.39 is 10.0 Å². The Morgan fingerprint density at radius 3 is 2.35 bits per heavy atom. The van der Waals surface area contributed by atoms with E-state index in [1.165, 1.54) is 12.1 Å². The Kier molecular flexibility index (Phi) is 5.97. The summed E-state index contributed by atoms with van der Waals surface area (Å²) < 4.78 is 27.7. The third-order valence-corrected chi connectivity index (χ3v) is 6.74. The van der Waals surface area contributed by atoms with Crippen molar-refractivity contribution < 1.29 is 13.3 Å². The van der Waals surface area contributed by atoms with Crippen LogP contribution in [0.5, 0.6) is 0 Å². The van der Waals surface area contributed by atoms with Crippen LogP contribution in [0.3, 0.4) is 0 Å². The van der Waals surface area contributed by atoms with E-state index in [1.807, 2.05) is 12.1 Å². The monoisotopic (exact) mass is 414 g/mol. The highest BCUT2D eigenvalue weighted by Crippen LogP contribution is 2.27. The van der Waals surface area contributed by atoms with Crippen LogP contribution in [0.1, 0.15) is 6.92 Å². The topological polar surface area (TPSA) is 53.9 Å². The first-order valence-electron chi connectivity index (χ1n) is 8.55. The van der Waals surface area contributed by atoms with Gasteiger partial charge in [0.25, 0.3) is 10.0 Å². The van der Waals surface area contributed by atoms with E-state index in [-0.39, 0.29) is 9.92 Å². The van der Waals surface area contributed by atoms with Gasteiger partial charge >= 0.3 is 0 Å². The second-order valence-corrected chi connectivity index (χ2v) is 8.81. The van der Waals surface area contributed by atoms with Gasteiger partial charge in [0, 0.05) is 16.4 Å². The molecule has 0 atom stereocenters. The minimum Gasteiger partial charge on any atom is -0.360 e. The molecule has 0 amide bonds. The maximum Gasteiger partial charge on any atom is 0.263 e. The summed E-state index contributed by atoms with van der Waals surface area (Å²) in [7, 11) is -3.80. The third-order valence-electron chi connectivity index (χ3n) is 4.64. The zero-order valence-electron chi connectivity index (χ0n) is 14.5. The van der Waals surface area contributed by atoms with Crippen LogP contribution in [0.15, 0.2) is 47.4 Å². The van der Waals surface area contributed by atoms with Crippen LogP contribution in [-0.4, -0.2) is 41.1 Å². The molecule has 2 N–H and O–H groups in total. The average molecular weight is 415 g/mol. The molecule has 1 heterocycles. The first kappa shape index (κ1) is 19.3. The zero-order chi connectivity index (χ0) is 18.7. The molecule has 5 nitrogen and oxygen atoms in total. The van der Waals surface area contributed by atoms with Gasteiger partial charge in [-0.15, -0.1) is 0 Å². The highest BCUT2D eigenvalue weighted by molar-refractivity contribution is 7.92. The molecule has 0 saturated carbocycles. The molecule has 0 aliphatic carbocycles. The summed E-state index contributed by atoms with van der Waals surface area (Å²) in [6, 6.07) is 11.8. The number of hydrogen-bond acceptors (Lipinski definition) is 3. The van der Waals surface area contributed by atoms with Gasteiger partial charge in [-0.3, -0.25) is 4.72 Å². The van der Waals surface area contributed by atoms with Crippen LogP contribution >= 0.6 is 23.2 Å². The summed E-state index contributed by atoms with van der Waals surface area (Å²) in [5.74, 6) is 0. The first-order chi connectivity index (χ1) is 12.4. The van der Waals surface area contributed by atoms with Gasteiger partial charge in [-0.2, -0.15) is 0 Å². The van der Waals surface area contributed by atoms with Crippen molar-refractivity contribution in [1.82, 2.24) is 0 Å². The Bertz CT molecular complexity index is 865. The molecular formula is C18H22Cl2N3O2S+. The van der Waals surface area contributed by atoms with Crippen LogP contribution in [0.4, 0.5) is 11.4 Å². The van der Waals surface area contributed by atoms with Gasteiger partial charge in [-0.1, -0.05) is 23.2 Å². The quantitative estimate of drug-likeness (QED) is 0.789. The second kappa shape index (κ2) is 8.05. The van der Waals surface area contributed by atoms with Crippen molar-refractivity contribution in [3.63, 3.8) is 0 Å². The lowest BCUT2D eigenvalue weighted by atomic mass is 10.2. The largest absolute Gasteiger partial charge is 0.360 e. The lowest BCUT2D eigenvalue weighted by Crippen LogP contribution is -3.14. The Morgan fingerprint density at radius 1 is 1.08 bits per heavy atom. The summed E-state index contributed by atoms with van der Waals surface area (Å²) in [5.41, 5.74) is 1.59. The molecule has 0 bridgehead atoms. The van der Waals surface area contributed by atoms with Crippen LogP contribution in [0, 0.1) is 0 Å². The maximum atomic E-state index is 12.6. The predicted molar refractivity (Wildman–Crippen MR) is 107 cm³/mol. The van der Waals surface area contributed by atoms with Crippen molar-refractivity contribution in [3.05, 3.63) is 52.5 Å². The molecular weight excluding hydrogens is 393 g/mol. The molecule has 2 aromatic carbocycles. The van der Waals surface area contributed by atoms with Crippen molar-refractivity contribution in [2.24, 2.45) is 0 Å². The number of sulfonamides is 1. The van der Waals surface area contributed by atoms with Crippen molar-refractivity contribution in [2.45, 2.75) is 11.8 Å². The maximum absolute atomic E-state index is 12.6. The number of benzene rings is 2. The lowest BCUT2D eigenvalue weighted by Gasteiger charge is -2.33. The number of rotatable bonds is 5. The fourth-order valence-corrected chi connectivity index (χ4v) is 4.89. The number of nitrogens with one attached hydrogen (secondary N) is 2. The number of likely N-dealkylation sites (N-methyl/N-ethyl adjacent to an activating group) is 1. The summed E-state index contributed by atoms with van der Waals surface area (Å²) in [6.45, 7) is 7.62. The van der Waals surface area contributed by atoms with Crippen LogP contribution in [-0.2, 0) is 10.0 Å². The fourth-order valence-electron chi connectivity index (χ4n) is 3.07. The first-order valence-corrected chi connectivity index (χ1v) is 10.8. The molecule has 140 valence electrons. The SMILES string of the molecule is CC[NH+]1CCN(c2ccc(NS(=O)(=O)c3cc(Cl)ccc3Cl)cc2)CC1. The predicted octanol–water partition coefficient (Wildman–Crippen LogP) is 2.52. The molecule has 3 rings (SSSR count). The van der Waals surface area contributed by atoms with Crippen LogP contribution in [0.2, 0.25) is 10.0 Å². The number of anilines is 2. The van der Waals surface area contributed by atoms with Gasteiger partial charge in [0.05, 0.1) is 37.7 Å². The Morgan fingerprint density at radius 2 is 1.73 bits per heavy atom. The molecule has 1 aliphatic rings. The van der Waals surface area contributed by atoms with E-state index >= 15 is 0 Å². The van der Waals surface area contributed by atoms with Gasteiger partial charge in [0.15, 0.2) is 0 Å². The molecule has 0 spiro atoms. The smallest absolute Gasteiger partial charge is 0.263 e. The van der Waals surface area contributed by atoms with Crippen molar-refractivity contribution in [3.8, 4) is 0 Å². The van der Waals surface area contributed by atoms with Gasteiger partial charge in [0.2, 0.25) is 0 Å². The average Bonchev–Trinajstić information content (AvgIpc) is 2.64. The molecule has 0 aromatic heterocycles. The number of hydrogen-bond donors (Lipinski definition) is 2. The lowest BCUT2D eigenvalue weighted by molar-refractivity contribution is -0.898. The van der Waals surface area contributed by atoms with Gasteiger partial charge in [0.1, 0.15) is 4.90 Å². The van der Waals surface area contributed by atoms with Gasteiger partial charge in [-0.25, -0.2) is 8.42 Å². The van der Waals surface area contributed by atoms with E-state index in [9.17, 15) is 8.42 Å². The van der Waals surface area contributed by atoms with Crippen molar-refractivity contribution in [1.29, 1.82) is 0 Å². The zero-order valence-corrected chi connectivity index (χ0v) is 16.8. The molecule has 0 radical (unpaired) electrons. The molecule has 1 aliphatic heterocycles. The van der Waals surface area contributed by atoms with Crippen LogP contribution in [0.25, 0.3) is 0 Å². The van der Waals surface area contributed by atoms with Crippen molar-refractivity contribution in [2.75, 3.05) is 42.3 Å². The van der Waals surface area contributed by atoms with Gasteiger partial charge in [-0.05, 0) is 49.4 Å². The van der Waals surface area contributed by atoms with E-state index in [2.05, 4.69) is 16.5 Å². The third kappa shape index (κ3) is 4.43. The van der Waals surface area contributed by atoms with E-state index in [1.54, 1.807) is 23.1 Å². The highest BCUT2D eigenvalue weighted by atomic mass is 35.5. The standard InChI is InChI=1S/C18H21Cl2N3O2S/c1-2-22-9-11-23(12-10-22)16-6-4-15(5-7-16)21-26(24,25)18-13-14(19)3-8-17(18)20/h3-8,13,21H,2,9-12H2,1H3/p+1. The number of quaternary nitrogens is 1. The van der Waals surface area contributed by atoms with E-state index in [0.717, 1.165) is 38.4 Å². The Balaban J connectivity index is 1.72. The summed E-state index contributed by atoms with van der Waals surface area (Å²) in [4.78, 5) is 3.91. The molecule has 1 fully saturated rings. The molecule has 8 heteroatoms. The summed E-state index contributed by atoms with van der Waals surface area (Å²) >= 11 is 11.9. The molecule has 1 saturated heterocycles. The number of piperazine rings is 1. The molecule has 26 heavy (non-hydrogen) atoms. The Hall–Kier alpha value is -1.47. The summed E-state index contributed by atoms with van der Waals surface area (Å²) in [5, 5.41) is 0.452. The minimum absolute atomic E-state index is 0.0330. The van der Waals surface area contributed by atoms with Crippen LogP contribution < -0.4 is 14.5 Å². The number of halogens is 2. The van der Waals surface area contributed by atoms with Gasteiger partial charge < -0.3 is 9.80 Å². The molecule has 0 unspecified atom stereocenters.